The molecule has 0 aliphatic rings. The Morgan fingerprint density at radius 1 is 1.59 bits per heavy atom. The van der Waals surface area contributed by atoms with Gasteiger partial charge in [-0.15, -0.1) is 0 Å². The van der Waals surface area contributed by atoms with Gasteiger partial charge in [0.15, 0.2) is 0 Å². The van der Waals surface area contributed by atoms with Crippen molar-refractivity contribution in [1.82, 2.24) is 5.32 Å². The second-order valence-electron chi connectivity index (χ2n) is 3.17. The maximum absolute atomic E-state index is 13.2. The number of hydrogen-bond donors (Lipinski definition) is 1. The summed E-state index contributed by atoms with van der Waals surface area (Å²) >= 11 is 1.57. The molecule has 0 aliphatic heterocycles. The largest absolute Gasteiger partial charge is 0.351 e. The van der Waals surface area contributed by atoms with Crippen molar-refractivity contribution in [2.75, 3.05) is 18.6 Å². The van der Waals surface area contributed by atoms with Gasteiger partial charge >= 0.3 is 5.69 Å². The van der Waals surface area contributed by atoms with Gasteiger partial charge in [-0.2, -0.15) is 16.2 Å². The number of carbonyl (C=O) groups excluding carboxylic acids is 1. The van der Waals surface area contributed by atoms with Gasteiger partial charge in [0.2, 0.25) is 5.82 Å². The molecule has 0 unspecified atom stereocenters. The molecule has 0 bridgehead atoms. The molecular weight excluding hydrogens is 247 g/mol. The molecular formula is C10H11FN2O3S. The molecule has 0 heterocycles. The van der Waals surface area contributed by atoms with Crippen LogP contribution < -0.4 is 5.32 Å². The van der Waals surface area contributed by atoms with E-state index in [9.17, 15) is 19.3 Å². The highest BCUT2D eigenvalue weighted by Crippen LogP contribution is 2.17. The standard InChI is InChI=1S/C10H11FN2O3S/c1-17-5-4-12-10(14)7-2-3-9(13(15)16)8(11)6-7/h2-3,6H,4-5H2,1H3,(H,12,14). The summed E-state index contributed by atoms with van der Waals surface area (Å²) in [5.74, 6) is -0.693. The van der Waals surface area contributed by atoms with Gasteiger partial charge in [-0.3, -0.25) is 14.9 Å². The van der Waals surface area contributed by atoms with Gasteiger partial charge in [-0.25, -0.2) is 0 Å². The number of benzene rings is 1. The lowest BCUT2D eigenvalue weighted by molar-refractivity contribution is -0.387. The molecule has 1 rings (SSSR count). The van der Waals surface area contributed by atoms with Crippen LogP contribution in [0.3, 0.4) is 0 Å². The van der Waals surface area contributed by atoms with Crippen molar-refractivity contribution >= 4 is 23.4 Å². The molecule has 1 amide bonds. The number of hydrogen-bond acceptors (Lipinski definition) is 4. The first kappa shape index (κ1) is 13.4. The number of thioether (sulfide) groups is 1. The highest BCUT2D eigenvalue weighted by Gasteiger charge is 2.16. The fourth-order valence-corrected chi connectivity index (χ4v) is 1.47. The average Bonchev–Trinajstić information content (AvgIpc) is 2.28. The van der Waals surface area contributed by atoms with E-state index in [-0.39, 0.29) is 5.56 Å². The zero-order valence-corrected chi connectivity index (χ0v) is 9.92. The van der Waals surface area contributed by atoms with Gasteiger partial charge in [0.1, 0.15) is 0 Å². The zero-order valence-electron chi connectivity index (χ0n) is 9.10. The molecule has 92 valence electrons. The molecule has 1 aromatic carbocycles. The molecule has 0 saturated heterocycles. The number of rotatable bonds is 5. The van der Waals surface area contributed by atoms with Gasteiger partial charge in [-0.05, 0) is 18.4 Å². The second kappa shape index (κ2) is 6.19. The Bertz CT molecular complexity index is 440. The third-order valence-electron chi connectivity index (χ3n) is 2.00. The number of halogens is 1. The number of nitro benzene ring substituents is 1. The molecule has 0 aromatic heterocycles. The van der Waals surface area contributed by atoms with Crippen LogP contribution in [0.5, 0.6) is 0 Å². The lowest BCUT2D eigenvalue weighted by atomic mass is 10.2. The van der Waals surface area contributed by atoms with Gasteiger partial charge in [0.05, 0.1) is 4.92 Å². The predicted molar refractivity (Wildman–Crippen MR) is 63.8 cm³/mol. The zero-order chi connectivity index (χ0) is 12.8. The first-order chi connectivity index (χ1) is 8.06. The van der Waals surface area contributed by atoms with Gasteiger partial charge in [0.25, 0.3) is 5.91 Å². The summed E-state index contributed by atoms with van der Waals surface area (Å²) in [7, 11) is 0. The third-order valence-corrected chi connectivity index (χ3v) is 2.61. The summed E-state index contributed by atoms with van der Waals surface area (Å²) in [6, 6.07) is 3.08. The number of nitro groups is 1. The minimum atomic E-state index is -1.01. The fraction of sp³-hybridized carbons (Fsp3) is 0.300. The Hall–Kier alpha value is -1.63. The minimum Gasteiger partial charge on any atom is -0.351 e. The Morgan fingerprint density at radius 3 is 2.82 bits per heavy atom. The van der Waals surface area contributed by atoms with Gasteiger partial charge < -0.3 is 5.32 Å². The molecule has 0 saturated carbocycles. The van der Waals surface area contributed by atoms with Crippen molar-refractivity contribution in [3.05, 3.63) is 39.7 Å². The number of nitrogens with zero attached hydrogens (tertiary/aromatic N) is 1. The lowest BCUT2D eigenvalue weighted by Crippen LogP contribution is -2.25. The number of amides is 1. The minimum absolute atomic E-state index is 0.0780. The summed E-state index contributed by atoms with van der Waals surface area (Å²) in [4.78, 5) is 21.0. The van der Waals surface area contributed by atoms with Crippen LogP contribution in [0.4, 0.5) is 10.1 Å². The van der Waals surface area contributed by atoms with Crippen LogP contribution in [0, 0.1) is 15.9 Å². The van der Waals surface area contributed by atoms with Crippen LogP contribution >= 0.6 is 11.8 Å². The molecule has 0 spiro atoms. The van der Waals surface area contributed by atoms with E-state index < -0.39 is 22.3 Å². The normalized spacial score (nSPS) is 10.0. The van der Waals surface area contributed by atoms with Crippen molar-refractivity contribution < 1.29 is 14.1 Å². The smallest absolute Gasteiger partial charge is 0.304 e. The van der Waals surface area contributed by atoms with Crippen molar-refractivity contribution in [2.45, 2.75) is 0 Å². The summed E-state index contributed by atoms with van der Waals surface area (Å²) < 4.78 is 13.2. The van der Waals surface area contributed by atoms with E-state index in [1.165, 1.54) is 6.07 Å². The van der Waals surface area contributed by atoms with E-state index in [0.29, 0.717) is 6.54 Å². The van der Waals surface area contributed by atoms with E-state index >= 15 is 0 Å². The molecule has 5 nitrogen and oxygen atoms in total. The van der Waals surface area contributed by atoms with E-state index in [4.69, 9.17) is 0 Å². The molecule has 0 radical (unpaired) electrons. The predicted octanol–water partition coefficient (Wildman–Crippen LogP) is 1.83. The third kappa shape index (κ3) is 3.70. The van der Waals surface area contributed by atoms with Crippen LogP contribution in [-0.4, -0.2) is 29.4 Å². The Kier molecular flexibility index (Phi) is 4.89. The summed E-state index contributed by atoms with van der Waals surface area (Å²) in [6.45, 7) is 0.471. The van der Waals surface area contributed by atoms with Crippen molar-refractivity contribution in [3.8, 4) is 0 Å². The quantitative estimate of drug-likeness (QED) is 0.497. The van der Waals surface area contributed by atoms with Crippen molar-refractivity contribution in [3.63, 3.8) is 0 Å². The van der Waals surface area contributed by atoms with Crippen molar-refractivity contribution in [2.24, 2.45) is 0 Å². The maximum Gasteiger partial charge on any atom is 0.304 e. The van der Waals surface area contributed by atoms with E-state index in [2.05, 4.69) is 5.32 Å². The highest BCUT2D eigenvalue weighted by molar-refractivity contribution is 7.98. The van der Waals surface area contributed by atoms with Crippen LogP contribution in [0.25, 0.3) is 0 Å². The molecule has 0 fully saturated rings. The van der Waals surface area contributed by atoms with Gasteiger partial charge in [-0.1, -0.05) is 0 Å². The van der Waals surface area contributed by atoms with Crippen LogP contribution in [0.1, 0.15) is 10.4 Å². The fourth-order valence-electron chi connectivity index (χ4n) is 1.16. The Labute approximate surface area is 102 Å². The van der Waals surface area contributed by atoms with Gasteiger partial charge in [0, 0.05) is 23.9 Å². The average molecular weight is 258 g/mol. The Morgan fingerprint density at radius 2 is 2.29 bits per heavy atom. The topological polar surface area (TPSA) is 72.2 Å². The summed E-state index contributed by atoms with van der Waals surface area (Å²) in [5.41, 5.74) is -0.556. The van der Waals surface area contributed by atoms with E-state index in [0.717, 1.165) is 17.9 Å². The molecule has 0 aliphatic carbocycles. The molecule has 1 aromatic rings. The number of carbonyl (C=O) groups is 1. The monoisotopic (exact) mass is 258 g/mol. The highest BCUT2D eigenvalue weighted by atomic mass is 32.2. The molecule has 0 atom stereocenters. The summed E-state index contributed by atoms with van der Waals surface area (Å²) in [5, 5.41) is 13.0. The molecule has 17 heavy (non-hydrogen) atoms. The van der Waals surface area contributed by atoms with Crippen LogP contribution in [0.15, 0.2) is 18.2 Å². The van der Waals surface area contributed by atoms with Crippen molar-refractivity contribution in [1.29, 1.82) is 0 Å². The lowest BCUT2D eigenvalue weighted by Gasteiger charge is -2.04. The second-order valence-corrected chi connectivity index (χ2v) is 4.16. The molecule has 7 heteroatoms. The van der Waals surface area contributed by atoms with Crippen LogP contribution in [0.2, 0.25) is 0 Å². The van der Waals surface area contributed by atoms with Crippen LogP contribution in [-0.2, 0) is 0 Å². The first-order valence-electron chi connectivity index (χ1n) is 4.77. The number of nitrogens with one attached hydrogen (secondary N) is 1. The van der Waals surface area contributed by atoms with E-state index in [1.54, 1.807) is 11.8 Å². The van der Waals surface area contributed by atoms with E-state index in [1.807, 2.05) is 6.26 Å². The molecule has 1 N–H and O–H groups in total. The maximum atomic E-state index is 13.2. The SMILES string of the molecule is CSCCNC(=O)c1ccc([N+](=O)[O-])c(F)c1. The Balaban J connectivity index is 2.76. The summed E-state index contributed by atoms with van der Waals surface area (Å²) in [6.07, 6.45) is 1.90. The first-order valence-corrected chi connectivity index (χ1v) is 6.16.